The van der Waals surface area contributed by atoms with Gasteiger partial charge >= 0.3 is 0 Å². The van der Waals surface area contributed by atoms with E-state index in [0.29, 0.717) is 23.7 Å². The van der Waals surface area contributed by atoms with Gasteiger partial charge in [0.1, 0.15) is 10.7 Å². The molecule has 0 aliphatic carbocycles. The third-order valence-electron chi connectivity index (χ3n) is 5.79. The number of piperidine rings is 1. The molecule has 7 nitrogen and oxygen atoms in total. The average Bonchev–Trinajstić information content (AvgIpc) is 2.85. The van der Waals surface area contributed by atoms with Gasteiger partial charge in [-0.05, 0) is 48.7 Å². The predicted octanol–water partition coefficient (Wildman–Crippen LogP) is 3.90. The number of amides is 1. The largest absolute Gasteiger partial charge is 0.490 e. The lowest BCUT2D eigenvalue weighted by molar-refractivity contribution is 0.0981. The van der Waals surface area contributed by atoms with E-state index >= 15 is 0 Å². The average molecular weight is 522 g/mol. The molecule has 3 aromatic rings. The maximum atomic E-state index is 14.7. The van der Waals surface area contributed by atoms with E-state index < -0.39 is 38.2 Å². The minimum atomic E-state index is -4.68. The van der Waals surface area contributed by atoms with Gasteiger partial charge in [-0.2, -0.15) is 0 Å². The summed E-state index contributed by atoms with van der Waals surface area (Å²) in [5.74, 6) is -3.65. The van der Waals surface area contributed by atoms with E-state index in [-0.39, 0.29) is 24.0 Å². The Morgan fingerprint density at radius 2 is 1.94 bits per heavy atom. The summed E-state index contributed by atoms with van der Waals surface area (Å²) in [5, 5.41) is 3.90. The lowest BCUT2D eigenvalue weighted by atomic mass is 9.81. The van der Waals surface area contributed by atoms with Gasteiger partial charge in [0.15, 0.2) is 11.6 Å². The van der Waals surface area contributed by atoms with Gasteiger partial charge in [-0.1, -0.05) is 23.7 Å². The Morgan fingerprint density at radius 1 is 1.17 bits per heavy atom. The SMILES string of the molecule is O=C(NS(=O)(=O)c1cc(F)c(OCC2CNCCC2c2ccc(Cl)cc2)cc1F)c1cccnc1. The number of aromatic nitrogens is 1. The highest BCUT2D eigenvalue weighted by molar-refractivity contribution is 7.90. The van der Waals surface area contributed by atoms with Gasteiger partial charge in [-0.15, -0.1) is 0 Å². The summed E-state index contributed by atoms with van der Waals surface area (Å²) in [7, 11) is -4.68. The molecule has 2 unspecified atom stereocenters. The lowest BCUT2D eigenvalue weighted by Gasteiger charge is -2.32. The van der Waals surface area contributed by atoms with Crippen LogP contribution in [0, 0.1) is 17.6 Å². The van der Waals surface area contributed by atoms with Gasteiger partial charge in [0, 0.05) is 42.0 Å². The van der Waals surface area contributed by atoms with Crippen LogP contribution in [0.5, 0.6) is 5.75 Å². The van der Waals surface area contributed by atoms with E-state index in [1.807, 2.05) is 12.1 Å². The van der Waals surface area contributed by atoms with Crippen LogP contribution in [-0.2, 0) is 10.0 Å². The Bertz CT molecular complexity index is 1310. The minimum absolute atomic E-state index is 0.0328. The van der Waals surface area contributed by atoms with Crippen molar-refractivity contribution in [1.82, 2.24) is 15.0 Å². The molecule has 0 spiro atoms. The second-order valence-electron chi connectivity index (χ2n) is 8.11. The number of pyridine rings is 1. The number of carbonyl (C=O) groups excluding carboxylic acids is 1. The maximum Gasteiger partial charge on any atom is 0.267 e. The highest BCUT2D eigenvalue weighted by Crippen LogP contribution is 2.32. The number of hydrogen-bond acceptors (Lipinski definition) is 6. The summed E-state index contributed by atoms with van der Waals surface area (Å²) in [5.41, 5.74) is 1.02. The number of nitrogens with zero attached hydrogens (tertiary/aromatic N) is 1. The van der Waals surface area contributed by atoms with Crippen LogP contribution in [0.2, 0.25) is 5.02 Å². The molecule has 4 rings (SSSR count). The van der Waals surface area contributed by atoms with Gasteiger partial charge in [0.2, 0.25) is 0 Å². The molecule has 0 saturated carbocycles. The second-order valence-corrected chi connectivity index (χ2v) is 10.2. The fourth-order valence-corrected chi connectivity index (χ4v) is 5.18. The van der Waals surface area contributed by atoms with E-state index in [0.717, 1.165) is 24.7 Å². The van der Waals surface area contributed by atoms with Gasteiger partial charge < -0.3 is 10.1 Å². The molecule has 2 atom stereocenters. The van der Waals surface area contributed by atoms with Crippen LogP contribution in [0.25, 0.3) is 0 Å². The molecule has 1 aliphatic rings. The summed E-state index contributed by atoms with van der Waals surface area (Å²) < 4.78 is 61.8. The quantitative estimate of drug-likeness (QED) is 0.489. The summed E-state index contributed by atoms with van der Waals surface area (Å²) in [6.07, 6.45) is 3.39. The number of sulfonamides is 1. The monoisotopic (exact) mass is 521 g/mol. The van der Waals surface area contributed by atoms with E-state index in [9.17, 15) is 22.0 Å². The second kappa shape index (κ2) is 10.7. The van der Waals surface area contributed by atoms with Gasteiger partial charge in [0.25, 0.3) is 15.9 Å². The van der Waals surface area contributed by atoms with E-state index in [2.05, 4.69) is 10.3 Å². The van der Waals surface area contributed by atoms with Crippen LogP contribution in [0.3, 0.4) is 0 Å². The van der Waals surface area contributed by atoms with Gasteiger partial charge in [-0.3, -0.25) is 9.78 Å². The first-order valence-corrected chi connectivity index (χ1v) is 12.7. The molecule has 0 radical (unpaired) electrons. The molecular formula is C24H22ClF2N3O4S. The van der Waals surface area contributed by atoms with Crippen LogP contribution in [0.1, 0.15) is 28.3 Å². The first-order valence-electron chi connectivity index (χ1n) is 10.8. The van der Waals surface area contributed by atoms with Crippen LogP contribution < -0.4 is 14.8 Å². The third-order valence-corrected chi connectivity index (χ3v) is 7.38. The number of nitrogens with one attached hydrogen (secondary N) is 2. The molecule has 2 N–H and O–H groups in total. The molecule has 35 heavy (non-hydrogen) atoms. The zero-order valence-electron chi connectivity index (χ0n) is 18.4. The number of halogens is 3. The smallest absolute Gasteiger partial charge is 0.267 e. The van der Waals surface area contributed by atoms with Crippen molar-refractivity contribution in [1.29, 1.82) is 0 Å². The fraction of sp³-hybridized carbons (Fsp3) is 0.250. The molecule has 0 bridgehead atoms. The van der Waals surface area contributed by atoms with Crippen molar-refractivity contribution in [3.63, 3.8) is 0 Å². The molecule has 1 amide bonds. The highest BCUT2D eigenvalue weighted by Gasteiger charge is 2.29. The van der Waals surface area contributed by atoms with Crippen LogP contribution >= 0.6 is 11.6 Å². The van der Waals surface area contributed by atoms with Gasteiger partial charge in [0.05, 0.1) is 12.2 Å². The topological polar surface area (TPSA) is 97.4 Å². The molecular weight excluding hydrogens is 500 g/mol. The molecule has 2 heterocycles. The summed E-state index contributed by atoms with van der Waals surface area (Å²) in [6, 6.07) is 11.4. The van der Waals surface area contributed by atoms with Crippen molar-refractivity contribution < 1.29 is 26.7 Å². The first-order chi connectivity index (χ1) is 16.7. The number of ether oxygens (including phenoxy) is 1. The molecule has 1 fully saturated rings. The lowest BCUT2D eigenvalue weighted by Crippen LogP contribution is -2.38. The number of rotatable bonds is 7. The highest BCUT2D eigenvalue weighted by atomic mass is 35.5. The summed E-state index contributed by atoms with van der Waals surface area (Å²) in [4.78, 5) is 14.9. The van der Waals surface area contributed by atoms with Crippen molar-refractivity contribution in [2.75, 3.05) is 19.7 Å². The van der Waals surface area contributed by atoms with Crippen molar-refractivity contribution in [3.8, 4) is 5.75 Å². The van der Waals surface area contributed by atoms with E-state index in [1.165, 1.54) is 18.3 Å². The predicted molar refractivity (Wildman–Crippen MR) is 126 cm³/mol. The Hall–Kier alpha value is -3.08. The Kier molecular flexibility index (Phi) is 7.63. The molecule has 1 aliphatic heterocycles. The Morgan fingerprint density at radius 3 is 2.66 bits per heavy atom. The Balaban J connectivity index is 1.48. The zero-order chi connectivity index (χ0) is 25.0. The van der Waals surface area contributed by atoms with Crippen LogP contribution in [-0.4, -0.2) is 39.0 Å². The normalized spacial score (nSPS) is 18.1. The minimum Gasteiger partial charge on any atom is -0.490 e. The summed E-state index contributed by atoms with van der Waals surface area (Å²) >= 11 is 5.98. The zero-order valence-corrected chi connectivity index (χ0v) is 20.0. The number of carbonyl (C=O) groups is 1. The standard InChI is InChI=1S/C24H22ClF2N3O4S/c25-18-5-3-15(4-6-18)19-7-9-29-13-17(19)14-34-22-10-21(27)23(11-20(22)26)35(32,33)30-24(31)16-2-1-8-28-12-16/h1-6,8,10-12,17,19,29H,7,9,13-14H2,(H,30,31). The van der Waals surface area contributed by atoms with Crippen LogP contribution in [0.4, 0.5) is 8.78 Å². The molecule has 1 aromatic heterocycles. The maximum absolute atomic E-state index is 14.7. The molecule has 11 heteroatoms. The van der Waals surface area contributed by atoms with Crippen molar-refractivity contribution >= 4 is 27.5 Å². The molecule has 184 valence electrons. The van der Waals surface area contributed by atoms with E-state index in [1.54, 1.807) is 16.9 Å². The Labute approximate surface area is 206 Å². The number of benzene rings is 2. The van der Waals surface area contributed by atoms with E-state index in [4.69, 9.17) is 16.3 Å². The van der Waals surface area contributed by atoms with Crippen molar-refractivity contribution in [3.05, 3.63) is 88.7 Å². The third kappa shape index (κ3) is 5.95. The molecule has 1 saturated heterocycles. The first kappa shape index (κ1) is 25.0. The summed E-state index contributed by atoms with van der Waals surface area (Å²) in [6.45, 7) is 1.51. The fourth-order valence-electron chi connectivity index (χ4n) is 4.00. The van der Waals surface area contributed by atoms with Gasteiger partial charge in [-0.25, -0.2) is 21.9 Å². The van der Waals surface area contributed by atoms with Crippen LogP contribution in [0.15, 0.2) is 65.8 Å². The van der Waals surface area contributed by atoms with Crippen molar-refractivity contribution in [2.45, 2.75) is 17.2 Å². The molecule has 2 aromatic carbocycles. The number of hydrogen-bond donors (Lipinski definition) is 2. The van der Waals surface area contributed by atoms with Crippen molar-refractivity contribution in [2.24, 2.45) is 5.92 Å².